The van der Waals surface area contributed by atoms with Crippen molar-refractivity contribution >= 4 is 39.0 Å². The van der Waals surface area contributed by atoms with E-state index in [9.17, 15) is 4.79 Å². The summed E-state index contributed by atoms with van der Waals surface area (Å²) in [4.78, 5) is 28.5. The fraction of sp³-hybridized carbons (Fsp3) is 0.400. The van der Waals surface area contributed by atoms with Crippen LogP contribution in [0.2, 0.25) is 0 Å². The molecule has 1 amide bonds. The molecule has 0 spiro atoms. The maximum absolute atomic E-state index is 13.2. The second-order valence-corrected chi connectivity index (χ2v) is 11.0. The Balaban J connectivity index is 1.23. The summed E-state index contributed by atoms with van der Waals surface area (Å²) in [6.07, 6.45) is 3.49. The van der Waals surface area contributed by atoms with E-state index in [1.807, 2.05) is 40.5 Å². The largest absolute Gasteiger partial charge is 0.497 e. The predicted octanol–water partition coefficient (Wildman–Crippen LogP) is 4.91. The maximum Gasteiger partial charge on any atom is 0.256 e. The number of fused-ring (bicyclic) bond motifs is 2. The number of pyridine rings is 1. The summed E-state index contributed by atoms with van der Waals surface area (Å²) >= 11 is 5.56. The van der Waals surface area contributed by atoms with Crippen molar-refractivity contribution in [3.05, 3.63) is 61.1 Å². The Morgan fingerprint density at radius 1 is 1.12 bits per heavy atom. The van der Waals surface area contributed by atoms with Crippen molar-refractivity contribution in [1.82, 2.24) is 14.9 Å². The van der Waals surface area contributed by atoms with E-state index in [-0.39, 0.29) is 5.91 Å². The number of hydrogen-bond donors (Lipinski definition) is 0. The molecule has 6 rings (SSSR count). The van der Waals surface area contributed by atoms with Crippen molar-refractivity contribution < 1.29 is 14.3 Å². The van der Waals surface area contributed by atoms with Crippen LogP contribution in [-0.2, 0) is 26.1 Å². The molecule has 0 saturated heterocycles. The molecule has 2 aliphatic heterocycles. The van der Waals surface area contributed by atoms with Gasteiger partial charge in [0.05, 0.1) is 60.3 Å². The van der Waals surface area contributed by atoms with Gasteiger partial charge in [0, 0.05) is 35.4 Å². The van der Waals surface area contributed by atoms with Gasteiger partial charge >= 0.3 is 0 Å². The summed E-state index contributed by atoms with van der Waals surface area (Å²) in [6, 6.07) is 7.61. The average Bonchev–Trinajstić information content (AvgIpc) is 3.55. The first-order valence-electron chi connectivity index (χ1n) is 11.5. The number of thiazole rings is 1. The van der Waals surface area contributed by atoms with Crippen LogP contribution < -0.4 is 14.4 Å². The van der Waals surface area contributed by atoms with Crippen LogP contribution in [0.5, 0.6) is 11.5 Å². The zero-order chi connectivity index (χ0) is 23.4. The molecule has 1 saturated carbocycles. The maximum atomic E-state index is 13.2. The number of ether oxygens (including phenoxy) is 2. The zero-order valence-electron chi connectivity index (χ0n) is 19.1. The Morgan fingerprint density at radius 3 is 2.74 bits per heavy atom. The highest BCUT2D eigenvalue weighted by Gasteiger charge is 2.33. The number of methoxy groups -OCH3 is 2. The summed E-state index contributed by atoms with van der Waals surface area (Å²) in [7, 11) is 3.25. The number of anilines is 1. The van der Waals surface area contributed by atoms with Gasteiger partial charge in [-0.15, -0.1) is 11.3 Å². The first kappa shape index (κ1) is 21.9. The van der Waals surface area contributed by atoms with E-state index in [1.54, 1.807) is 14.2 Å². The average molecular weight is 541 g/mol. The summed E-state index contributed by atoms with van der Waals surface area (Å²) in [5.41, 5.74) is 3.68. The van der Waals surface area contributed by atoms with Gasteiger partial charge in [0.25, 0.3) is 5.91 Å². The van der Waals surface area contributed by atoms with E-state index in [2.05, 4.69) is 20.8 Å². The molecule has 1 aromatic carbocycles. The third-order valence-corrected chi connectivity index (χ3v) is 8.55. The van der Waals surface area contributed by atoms with Gasteiger partial charge in [0.1, 0.15) is 17.3 Å². The van der Waals surface area contributed by atoms with Crippen molar-refractivity contribution in [2.24, 2.45) is 0 Å². The molecule has 1 aliphatic carbocycles. The minimum atomic E-state index is -0.00918. The van der Waals surface area contributed by atoms with E-state index in [0.29, 0.717) is 30.3 Å². The Morgan fingerprint density at radius 2 is 1.97 bits per heavy atom. The molecule has 9 heteroatoms. The summed E-state index contributed by atoms with van der Waals surface area (Å²) < 4.78 is 11.7. The topological polar surface area (TPSA) is 67.8 Å². The highest BCUT2D eigenvalue weighted by molar-refractivity contribution is 9.10. The number of carbonyl (C=O) groups excluding carboxylic acids is 1. The van der Waals surface area contributed by atoms with Gasteiger partial charge in [-0.3, -0.25) is 4.79 Å². The number of nitrogens with zero attached hydrogens (tertiary/aromatic N) is 4. The van der Waals surface area contributed by atoms with Crippen molar-refractivity contribution in [2.75, 3.05) is 25.7 Å². The molecule has 0 radical (unpaired) electrons. The molecule has 3 aliphatic rings. The molecule has 4 heterocycles. The van der Waals surface area contributed by atoms with Crippen LogP contribution in [0, 0.1) is 0 Å². The van der Waals surface area contributed by atoms with Crippen molar-refractivity contribution in [2.45, 2.75) is 44.8 Å². The third-order valence-electron chi connectivity index (χ3n) is 6.72. The fourth-order valence-corrected chi connectivity index (χ4v) is 6.55. The third kappa shape index (κ3) is 3.84. The number of halogens is 1. The molecular formula is C25H25BrN4O3S. The lowest BCUT2D eigenvalue weighted by Gasteiger charge is -2.28. The van der Waals surface area contributed by atoms with Crippen LogP contribution in [0.25, 0.3) is 0 Å². The van der Waals surface area contributed by atoms with Crippen LogP contribution in [0.1, 0.15) is 56.0 Å². The van der Waals surface area contributed by atoms with Crippen LogP contribution in [0.3, 0.4) is 0 Å². The van der Waals surface area contributed by atoms with E-state index < -0.39 is 0 Å². The minimum Gasteiger partial charge on any atom is -0.497 e. The number of amides is 1. The predicted molar refractivity (Wildman–Crippen MR) is 134 cm³/mol. The molecule has 2 aromatic heterocycles. The number of aromatic nitrogens is 2. The fourth-order valence-electron chi connectivity index (χ4n) is 4.68. The second-order valence-electron chi connectivity index (χ2n) is 8.99. The van der Waals surface area contributed by atoms with Gasteiger partial charge in [-0.25, -0.2) is 9.97 Å². The first-order valence-corrected chi connectivity index (χ1v) is 13.1. The number of hydrogen-bond acceptors (Lipinski definition) is 7. The van der Waals surface area contributed by atoms with Gasteiger partial charge in [-0.1, -0.05) is 0 Å². The monoisotopic (exact) mass is 540 g/mol. The zero-order valence-corrected chi connectivity index (χ0v) is 21.5. The standard InChI is InChI=1S/C25H25BrN4O3S/c1-32-16-6-5-15(21(9-16)33-2)11-30-12-20-17(25(30)31)10-18(26)23(27-20)29-8-7-19-22(13-29)34-24(28-19)14-3-4-14/h5-6,9-10,14H,3-4,7-8,11-13H2,1-2H3. The number of carbonyl (C=O) groups is 1. The van der Waals surface area contributed by atoms with Crippen LogP contribution in [-0.4, -0.2) is 41.5 Å². The van der Waals surface area contributed by atoms with Crippen molar-refractivity contribution in [3.8, 4) is 11.5 Å². The highest BCUT2D eigenvalue weighted by Crippen LogP contribution is 2.44. The summed E-state index contributed by atoms with van der Waals surface area (Å²) in [6.45, 7) is 2.64. The van der Waals surface area contributed by atoms with Gasteiger partial charge in [0.15, 0.2) is 0 Å². The molecule has 1 fully saturated rings. The Bertz CT molecular complexity index is 1290. The lowest BCUT2D eigenvalue weighted by atomic mass is 10.1. The van der Waals surface area contributed by atoms with Gasteiger partial charge < -0.3 is 19.3 Å². The van der Waals surface area contributed by atoms with E-state index in [4.69, 9.17) is 19.4 Å². The van der Waals surface area contributed by atoms with Crippen LogP contribution >= 0.6 is 27.3 Å². The van der Waals surface area contributed by atoms with E-state index in [1.165, 1.54) is 28.4 Å². The molecule has 0 N–H and O–H groups in total. The Labute approximate surface area is 210 Å². The minimum absolute atomic E-state index is 0.00918. The number of rotatable bonds is 6. The molecule has 176 valence electrons. The van der Waals surface area contributed by atoms with Gasteiger partial charge in [0.2, 0.25) is 0 Å². The molecule has 3 aromatic rings. The van der Waals surface area contributed by atoms with Crippen LogP contribution in [0.4, 0.5) is 5.82 Å². The van der Waals surface area contributed by atoms with Crippen molar-refractivity contribution in [3.63, 3.8) is 0 Å². The van der Waals surface area contributed by atoms with E-state index in [0.717, 1.165) is 46.8 Å². The summed E-state index contributed by atoms with van der Waals surface area (Å²) in [5, 5.41) is 1.31. The van der Waals surface area contributed by atoms with Gasteiger partial charge in [-0.2, -0.15) is 0 Å². The quantitative estimate of drug-likeness (QED) is 0.442. The van der Waals surface area contributed by atoms with Crippen LogP contribution in [0.15, 0.2) is 28.7 Å². The normalized spacial score (nSPS) is 17.1. The number of benzene rings is 1. The molecule has 7 nitrogen and oxygen atoms in total. The molecule has 0 atom stereocenters. The lowest BCUT2D eigenvalue weighted by Crippen LogP contribution is -2.31. The Kier molecular flexibility index (Phi) is 5.49. The lowest BCUT2D eigenvalue weighted by molar-refractivity contribution is 0.0765. The smallest absolute Gasteiger partial charge is 0.256 e. The van der Waals surface area contributed by atoms with E-state index >= 15 is 0 Å². The van der Waals surface area contributed by atoms with Crippen molar-refractivity contribution in [1.29, 1.82) is 0 Å². The molecule has 0 bridgehead atoms. The molecule has 34 heavy (non-hydrogen) atoms. The SMILES string of the molecule is COc1ccc(CN2Cc3nc(N4CCc5nc(C6CC6)sc5C4)c(Br)cc3C2=O)c(OC)c1. The van der Waals surface area contributed by atoms with Gasteiger partial charge in [-0.05, 0) is 47.0 Å². The first-order chi connectivity index (χ1) is 16.5. The Hall–Kier alpha value is -2.65. The second kappa shape index (κ2) is 8.53. The highest BCUT2D eigenvalue weighted by atomic mass is 79.9. The summed E-state index contributed by atoms with van der Waals surface area (Å²) in [5.74, 6) is 3.02. The molecular weight excluding hydrogens is 516 g/mol. The molecule has 0 unspecified atom stereocenters.